The molecule has 30 heavy (non-hydrogen) atoms. The summed E-state index contributed by atoms with van der Waals surface area (Å²) in [5.41, 5.74) is 1.33. The molecule has 2 aliphatic rings. The number of aromatic nitrogens is 5. The van der Waals surface area contributed by atoms with E-state index in [1.165, 1.54) is 0 Å². The molecule has 0 spiro atoms. The second kappa shape index (κ2) is 7.83. The number of carbonyl (C=O) groups excluding carboxylic acids is 1. The van der Waals surface area contributed by atoms with Gasteiger partial charge in [-0.1, -0.05) is 35.4 Å². The monoisotopic (exact) mass is 426 g/mol. The lowest BCUT2D eigenvalue weighted by Gasteiger charge is -2.36. The summed E-state index contributed by atoms with van der Waals surface area (Å²) in [6, 6.07) is 7.48. The maximum absolute atomic E-state index is 12.7. The van der Waals surface area contributed by atoms with Crippen molar-refractivity contribution in [2.45, 2.75) is 44.6 Å². The smallest absolute Gasteiger partial charge is 0.281 e. The van der Waals surface area contributed by atoms with Crippen molar-refractivity contribution in [2.75, 3.05) is 13.1 Å². The van der Waals surface area contributed by atoms with E-state index >= 15 is 0 Å². The van der Waals surface area contributed by atoms with Crippen molar-refractivity contribution < 1.29 is 4.79 Å². The second-order valence-corrected chi connectivity index (χ2v) is 8.69. The number of likely N-dealkylation sites (tertiary alicyclic amines) is 1. The average molecular weight is 427 g/mol. The fourth-order valence-electron chi connectivity index (χ4n) is 4.31. The lowest BCUT2D eigenvalue weighted by atomic mass is 9.83. The number of halogens is 1. The molecule has 1 aliphatic carbocycles. The molecule has 156 valence electrons. The number of piperidine rings is 1. The van der Waals surface area contributed by atoms with Crippen LogP contribution in [0.3, 0.4) is 0 Å². The van der Waals surface area contributed by atoms with Gasteiger partial charge in [0.15, 0.2) is 11.2 Å². The number of nitrogens with one attached hydrogen (secondary N) is 1. The first-order valence-corrected chi connectivity index (χ1v) is 10.8. The topological polar surface area (TPSA) is 96.8 Å². The molecular weight excluding hydrogens is 404 g/mol. The fraction of sp³-hybridized carbons (Fsp3) is 0.476. The summed E-state index contributed by atoms with van der Waals surface area (Å²) in [6.45, 7) is 1.80. The maximum atomic E-state index is 12.7. The molecular formula is C21H23ClN6O2. The third-order valence-corrected chi connectivity index (χ3v) is 6.42. The number of aromatic amines is 1. The van der Waals surface area contributed by atoms with Crippen LogP contribution in [-0.4, -0.2) is 48.9 Å². The number of amides is 1. The molecule has 8 nitrogen and oxygen atoms in total. The van der Waals surface area contributed by atoms with Gasteiger partial charge in [-0.25, -0.2) is 9.67 Å². The molecule has 1 saturated heterocycles. The van der Waals surface area contributed by atoms with E-state index in [0.29, 0.717) is 29.6 Å². The first kappa shape index (κ1) is 19.2. The Kier molecular flexibility index (Phi) is 5.02. The summed E-state index contributed by atoms with van der Waals surface area (Å²) >= 11 is 6.08. The van der Waals surface area contributed by atoms with Crippen LogP contribution in [-0.2, 0) is 11.3 Å². The number of hydrogen-bond acceptors (Lipinski definition) is 5. The molecule has 9 heteroatoms. The highest BCUT2D eigenvalue weighted by molar-refractivity contribution is 6.30. The quantitative estimate of drug-likeness (QED) is 0.691. The molecule has 1 saturated carbocycles. The van der Waals surface area contributed by atoms with Crippen LogP contribution in [0, 0.1) is 5.92 Å². The van der Waals surface area contributed by atoms with Crippen LogP contribution in [0.2, 0.25) is 5.02 Å². The van der Waals surface area contributed by atoms with Crippen molar-refractivity contribution >= 4 is 28.7 Å². The van der Waals surface area contributed by atoms with Gasteiger partial charge in [0.1, 0.15) is 5.82 Å². The molecule has 1 atom stereocenters. The van der Waals surface area contributed by atoms with E-state index in [1.807, 2.05) is 29.2 Å². The summed E-state index contributed by atoms with van der Waals surface area (Å²) in [7, 11) is 0. The highest BCUT2D eigenvalue weighted by Crippen LogP contribution is 2.31. The highest BCUT2D eigenvalue weighted by Gasteiger charge is 2.33. The SMILES string of the molecule is O=C(C1CCC1)N1CCCC(c2nc3c(nnn3Cc3cccc(Cl)c3)c(=O)[nH]2)C1. The number of fused-ring (bicyclic) bond motifs is 1. The first-order chi connectivity index (χ1) is 14.6. The normalized spacial score (nSPS) is 19.8. The minimum absolute atomic E-state index is 0.00870. The number of carbonyl (C=O) groups is 1. The van der Waals surface area contributed by atoms with Crippen molar-refractivity contribution in [3.8, 4) is 0 Å². The summed E-state index contributed by atoms with van der Waals surface area (Å²) in [5.74, 6) is 1.05. The minimum atomic E-state index is -0.296. The van der Waals surface area contributed by atoms with E-state index in [2.05, 4.69) is 15.3 Å². The lowest BCUT2D eigenvalue weighted by molar-refractivity contribution is -0.139. The predicted octanol–water partition coefficient (Wildman–Crippen LogP) is 2.72. The van der Waals surface area contributed by atoms with Crippen LogP contribution in [0.25, 0.3) is 11.2 Å². The molecule has 1 aliphatic heterocycles. The van der Waals surface area contributed by atoms with E-state index in [0.717, 1.165) is 44.2 Å². The lowest BCUT2D eigenvalue weighted by Crippen LogP contribution is -2.44. The van der Waals surface area contributed by atoms with Crippen LogP contribution in [0.5, 0.6) is 0 Å². The van der Waals surface area contributed by atoms with Gasteiger partial charge in [0.05, 0.1) is 6.54 Å². The van der Waals surface area contributed by atoms with Crippen LogP contribution < -0.4 is 5.56 Å². The molecule has 0 radical (unpaired) electrons. The Balaban J connectivity index is 1.43. The minimum Gasteiger partial charge on any atom is -0.342 e. The Morgan fingerprint density at radius 3 is 2.87 bits per heavy atom. The van der Waals surface area contributed by atoms with Gasteiger partial charge in [-0.2, -0.15) is 0 Å². The standard InChI is InChI=1S/C21H23ClN6O2/c22-16-8-1-4-13(10-16)11-28-19-17(25-26-28)20(29)24-18(23-19)15-7-3-9-27(12-15)21(30)14-5-2-6-14/h1,4,8,10,14-15H,2-3,5-7,9,11-12H2,(H,23,24,29). The van der Waals surface area contributed by atoms with Crippen molar-refractivity contribution in [3.63, 3.8) is 0 Å². The Morgan fingerprint density at radius 2 is 2.10 bits per heavy atom. The summed E-state index contributed by atoms with van der Waals surface area (Å²) in [6.07, 6.45) is 4.93. The Morgan fingerprint density at radius 1 is 1.23 bits per heavy atom. The largest absolute Gasteiger partial charge is 0.342 e. The van der Waals surface area contributed by atoms with Gasteiger partial charge in [0.25, 0.3) is 5.56 Å². The van der Waals surface area contributed by atoms with E-state index < -0.39 is 0 Å². The molecule has 1 unspecified atom stereocenters. The van der Waals surface area contributed by atoms with Gasteiger partial charge in [-0.15, -0.1) is 5.10 Å². The number of hydrogen-bond donors (Lipinski definition) is 1. The summed E-state index contributed by atoms with van der Waals surface area (Å²) < 4.78 is 1.62. The van der Waals surface area contributed by atoms with Crippen LogP contribution in [0.4, 0.5) is 0 Å². The van der Waals surface area contributed by atoms with Gasteiger partial charge in [-0.3, -0.25) is 9.59 Å². The van der Waals surface area contributed by atoms with Gasteiger partial charge < -0.3 is 9.88 Å². The van der Waals surface area contributed by atoms with Gasteiger partial charge in [0.2, 0.25) is 5.91 Å². The average Bonchev–Trinajstić information content (AvgIpc) is 3.10. The van der Waals surface area contributed by atoms with Crippen molar-refractivity contribution in [2.24, 2.45) is 5.92 Å². The molecule has 1 amide bonds. The van der Waals surface area contributed by atoms with E-state index in [4.69, 9.17) is 16.6 Å². The van der Waals surface area contributed by atoms with Crippen molar-refractivity contribution in [1.29, 1.82) is 0 Å². The first-order valence-electron chi connectivity index (χ1n) is 10.4. The van der Waals surface area contributed by atoms with Crippen molar-refractivity contribution in [3.05, 3.63) is 51.0 Å². The molecule has 2 aromatic heterocycles. The third kappa shape index (κ3) is 3.60. The van der Waals surface area contributed by atoms with Gasteiger partial charge >= 0.3 is 0 Å². The molecule has 1 N–H and O–H groups in total. The van der Waals surface area contributed by atoms with Gasteiger partial charge in [-0.05, 0) is 43.4 Å². The fourth-order valence-corrected chi connectivity index (χ4v) is 4.52. The molecule has 3 heterocycles. The van der Waals surface area contributed by atoms with Crippen molar-refractivity contribution in [1.82, 2.24) is 29.9 Å². The maximum Gasteiger partial charge on any atom is 0.281 e. The number of rotatable bonds is 4. The van der Waals surface area contributed by atoms with Crippen LogP contribution >= 0.6 is 11.6 Å². The number of H-pyrrole nitrogens is 1. The molecule has 0 bridgehead atoms. The summed E-state index contributed by atoms with van der Waals surface area (Å²) in [5, 5.41) is 8.79. The zero-order valence-corrected chi connectivity index (χ0v) is 17.3. The molecule has 2 fully saturated rings. The predicted molar refractivity (Wildman–Crippen MR) is 112 cm³/mol. The zero-order valence-electron chi connectivity index (χ0n) is 16.6. The number of nitrogens with zero attached hydrogens (tertiary/aromatic N) is 5. The molecule has 1 aromatic carbocycles. The number of benzene rings is 1. The second-order valence-electron chi connectivity index (χ2n) is 8.25. The molecule has 3 aromatic rings. The Hall–Kier alpha value is -2.74. The molecule has 5 rings (SSSR count). The third-order valence-electron chi connectivity index (χ3n) is 6.19. The van der Waals surface area contributed by atoms with E-state index in [-0.39, 0.29) is 28.8 Å². The summed E-state index contributed by atoms with van der Waals surface area (Å²) in [4.78, 5) is 34.9. The Labute approximate surface area is 178 Å². The van der Waals surface area contributed by atoms with Crippen LogP contribution in [0.1, 0.15) is 49.4 Å². The highest BCUT2D eigenvalue weighted by atomic mass is 35.5. The Bertz CT molecular complexity index is 1150. The zero-order chi connectivity index (χ0) is 20.7. The van der Waals surface area contributed by atoms with Crippen LogP contribution in [0.15, 0.2) is 29.1 Å². The van der Waals surface area contributed by atoms with E-state index in [1.54, 1.807) is 4.68 Å². The van der Waals surface area contributed by atoms with E-state index in [9.17, 15) is 9.59 Å². The van der Waals surface area contributed by atoms with Gasteiger partial charge in [0, 0.05) is 29.9 Å².